The van der Waals surface area contributed by atoms with Crippen LogP contribution in [0.4, 0.5) is 0 Å². The van der Waals surface area contributed by atoms with E-state index in [9.17, 15) is 19.4 Å². The first-order valence-electron chi connectivity index (χ1n) is 21.3. The zero-order valence-corrected chi connectivity index (χ0v) is 33.8. The SMILES string of the molecule is CCCCCCCC/C=C/C(O)C(COP(=O)(O)OCCN)NC(=O)CCCCCCCCCCCCCCCCCCCCCCCCC. The van der Waals surface area contributed by atoms with Gasteiger partial charge in [0, 0.05) is 13.0 Å². The number of hydrogen-bond donors (Lipinski definition) is 4. The van der Waals surface area contributed by atoms with Gasteiger partial charge in [0.25, 0.3) is 0 Å². The van der Waals surface area contributed by atoms with Crippen molar-refractivity contribution < 1.29 is 28.4 Å². The maximum atomic E-state index is 12.7. The van der Waals surface area contributed by atoms with Gasteiger partial charge in [0.15, 0.2) is 0 Å². The fraction of sp³-hybridized carbons (Fsp3) is 0.927. The zero-order chi connectivity index (χ0) is 36.8. The molecule has 9 heteroatoms. The molecule has 0 spiro atoms. The fourth-order valence-electron chi connectivity index (χ4n) is 6.37. The van der Waals surface area contributed by atoms with E-state index in [-0.39, 0.29) is 25.7 Å². The third-order valence-electron chi connectivity index (χ3n) is 9.61. The van der Waals surface area contributed by atoms with Gasteiger partial charge in [-0.05, 0) is 19.3 Å². The molecule has 50 heavy (non-hydrogen) atoms. The van der Waals surface area contributed by atoms with Gasteiger partial charge in [-0.15, -0.1) is 0 Å². The number of phosphoric acid groups is 1. The number of rotatable bonds is 40. The number of aliphatic hydroxyl groups excluding tert-OH is 1. The number of nitrogens with two attached hydrogens (primary N) is 1. The molecule has 0 aromatic rings. The molecule has 0 saturated heterocycles. The number of aliphatic hydroxyl groups is 1. The van der Waals surface area contributed by atoms with Crippen molar-refractivity contribution in [1.82, 2.24) is 5.32 Å². The molecule has 0 aliphatic carbocycles. The van der Waals surface area contributed by atoms with Crippen molar-refractivity contribution in [1.29, 1.82) is 0 Å². The fourth-order valence-corrected chi connectivity index (χ4v) is 7.13. The average Bonchev–Trinajstić information content (AvgIpc) is 3.10. The van der Waals surface area contributed by atoms with E-state index in [2.05, 4.69) is 19.2 Å². The van der Waals surface area contributed by atoms with Crippen LogP contribution in [0.1, 0.15) is 213 Å². The van der Waals surface area contributed by atoms with E-state index in [4.69, 9.17) is 14.8 Å². The van der Waals surface area contributed by atoms with Crippen LogP contribution in [0.5, 0.6) is 0 Å². The summed E-state index contributed by atoms with van der Waals surface area (Å²) in [5.74, 6) is -0.193. The lowest BCUT2D eigenvalue weighted by Gasteiger charge is -2.23. The molecule has 1 amide bonds. The van der Waals surface area contributed by atoms with Crippen LogP contribution in [0.3, 0.4) is 0 Å². The molecule has 0 bridgehead atoms. The number of carbonyl (C=O) groups excluding carboxylic acids is 1. The summed E-state index contributed by atoms with van der Waals surface area (Å²) in [4.78, 5) is 22.6. The van der Waals surface area contributed by atoms with Crippen molar-refractivity contribution in [3.63, 3.8) is 0 Å². The smallest absolute Gasteiger partial charge is 0.387 e. The van der Waals surface area contributed by atoms with Gasteiger partial charge in [0.05, 0.1) is 25.4 Å². The van der Waals surface area contributed by atoms with Crippen LogP contribution in [0.15, 0.2) is 12.2 Å². The molecule has 0 heterocycles. The third kappa shape index (κ3) is 35.6. The van der Waals surface area contributed by atoms with Crippen LogP contribution in [0, 0.1) is 0 Å². The molecule has 0 saturated carbocycles. The van der Waals surface area contributed by atoms with Gasteiger partial charge in [-0.1, -0.05) is 199 Å². The Balaban J connectivity index is 3.96. The number of phosphoric ester groups is 1. The number of nitrogens with one attached hydrogen (secondary N) is 1. The minimum atomic E-state index is -4.32. The van der Waals surface area contributed by atoms with Crippen molar-refractivity contribution >= 4 is 13.7 Å². The standard InChI is InChI=1S/C41H83N2O6P/c1-3-5-7-9-11-13-14-15-16-17-18-19-20-21-22-23-24-25-26-27-29-31-33-35-41(45)43-39(38-49-50(46,47)48-37-36-42)40(44)34-32-30-28-12-10-8-6-4-2/h32,34,39-40,44H,3-31,33,35-38,42H2,1-2H3,(H,43,45)(H,46,47)/b34-32+. The van der Waals surface area contributed by atoms with E-state index in [1.807, 2.05) is 6.08 Å². The number of amides is 1. The molecular weight excluding hydrogens is 647 g/mol. The van der Waals surface area contributed by atoms with Crippen LogP contribution >= 0.6 is 7.82 Å². The number of hydrogen-bond acceptors (Lipinski definition) is 6. The first-order chi connectivity index (χ1) is 24.4. The predicted molar refractivity (Wildman–Crippen MR) is 212 cm³/mol. The molecule has 0 fully saturated rings. The molecule has 5 N–H and O–H groups in total. The van der Waals surface area contributed by atoms with Crippen molar-refractivity contribution in [3.05, 3.63) is 12.2 Å². The summed E-state index contributed by atoms with van der Waals surface area (Å²) in [6.07, 6.45) is 41.4. The second kappa shape index (κ2) is 38.0. The quantitative estimate of drug-likeness (QED) is 0.0280. The Hall–Kier alpha value is -0.760. The molecule has 8 nitrogen and oxygen atoms in total. The second-order valence-corrected chi connectivity index (χ2v) is 16.0. The highest BCUT2D eigenvalue weighted by molar-refractivity contribution is 7.47. The molecule has 0 rings (SSSR count). The van der Waals surface area contributed by atoms with Crippen molar-refractivity contribution in [2.45, 2.75) is 225 Å². The molecule has 3 unspecified atom stereocenters. The van der Waals surface area contributed by atoms with Crippen LogP contribution in [0.2, 0.25) is 0 Å². The van der Waals surface area contributed by atoms with Crippen LogP contribution in [-0.2, 0) is 18.4 Å². The highest BCUT2D eigenvalue weighted by Crippen LogP contribution is 2.43. The lowest BCUT2D eigenvalue weighted by Crippen LogP contribution is -2.45. The minimum absolute atomic E-state index is 0.0808. The average molecular weight is 731 g/mol. The van der Waals surface area contributed by atoms with Crippen LogP contribution in [-0.4, -0.2) is 47.8 Å². The zero-order valence-electron chi connectivity index (χ0n) is 32.9. The van der Waals surface area contributed by atoms with Gasteiger partial charge in [-0.3, -0.25) is 13.8 Å². The van der Waals surface area contributed by atoms with Crippen molar-refractivity contribution in [3.8, 4) is 0 Å². The summed E-state index contributed by atoms with van der Waals surface area (Å²) in [5.41, 5.74) is 5.35. The van der Waals surface area contributed by atoms with Gasteiger partial charge >= 0.3 is 7.82 Å². The summed E-state index contributed by atoms with van der Waals surface area (Å²) in [6, 6.07) is -0.852. The molecule has 3 atom stereocenters. The molecule has 298 valence electrons. The Kier molecular flexibility index (Phi) is 37.4. The first-order valence-corrected chi connectivity index (χ1v) is 22.8. The van der Waals surface area contributed by atoms with E-state index in [1.165, 1.54) is 154 Å². The summed E-state index contributed by atoms with van der Waals surface area (Å²) in [7, 11) is -4.32. The Morgan fingerprint density at radius 3 is 1.42 bits per heavy atom. The third-order valence-corrected chi connectivity index (χ3v) is 10.6. The van der Waals surface area contributed by atoms with Crippen LogP contribution < -0.4 is 11.1 Å². The normalized spacial score (nSPS) is 14.3. The van der Waals surface area contributed by atoms with Gasteiger partial charge < -0.3 is 21.1 Å². The van der Waals surface area contributed by atoms with Gasteiger partial charge in [-0.25, -0.2) is 4.57 Å². The Bertz CT molecular complexity index is 799. The highest BCUT2D eigenvalue weighted by Gasteiger charge is 2.26. The van der Waals surface area contributed by atoms with Crippen molar-refractivity contribution in [2.24, 2.45) is 5.73 Å². The van der Waals surface area contributed by atoms with Gasteiger partial charge in [-0.2, -0.15) is 0 Å². The predicted octanol–water partition coefficient (Wildman–Crippen LogP) is 11.6. The molecule has 0 aromatic carbocycles. The summed E-state index contributed by atoms with van der Waals surface area (Å²) in [5, 5.41) is 13.6. The van der Waals surface area contributed by atoms with Gasteiger partial charge in [0.1, 0.15) is 0 Å². The van der Waals surface area contributed by atoms with E-state index < -0.39 is 20.0 Å². The molecule has 0 radical (unpaired) electrons. The number of carbonyl (C=O) groups is 1. The minimum Gasteiger partial charge on any atom is -0.387 e. The van der Waals surface area contributed by atoms with Crippen molar-refractivity contribution in [2.75, 3.05) is 19.8 Å². The maximum absolute atomic E-state index is 12.7. The summed E-state index contributed by atoms with van der Waals surface area (Å²) < 4.78 is 22.0. The summed E-state index contributed by atoms with van der Waals surface area (Å²) in [6.45, 7) is 4.11. The van der Waals surface area contributed by atoms with E-state index in [0.717, 1.165) is 38.5 Å². The lowest BCUT2D eigenvalue weighted by molar-refractivity contribution is -0.123. The monoisotopic (exact) mass is 731 g/mol. The maximum Gasteiger partial charge on any atom is 0.472 e. The van der Waals surface area contributed by atoms with E-state index in [0.29, 0.717) is 6.42 Å². The summed E-state index contributed by atoms with van der Waals surface area (Å²) >= 11 is 0. The Morgan fingerprint density at radius 1 is 0.640 bits per heavy atom. The lowest BCUT2D eigenvalue weighted by atomic mass is 10.0. The molecule has 0 aliphatic rings. The first kappa shape index (κ1) is 49.2. The second-order valence-electron chi connectivity index (χ2n) is 14.6. The van der Waals surface area contributed by atoms with Gasteiger partial charge in [0.2, 0.25) is 5.91 Å². The van der Waals surface area contributed by atoms with E-state index in [1.54, 1.807) is 6.08 Å². The Labute approximate surface area is 309 Å². The largest absolute Gasteiger partial charge is 0.472 e. The topological polar surface area (TPSA) is 131 Å². The van der Waals surface area contributed by atoms with Crippen LogP contribution in [0.25, 0.3) is 0 Å². The molecule has 0 aliphatic heterocycles. The van der Waals surface area contributed by atoms with E-state index >= 15 is 0 Å². The number of allylic oxidation sites excluding steroid dienone is 1. The molecule has 0 aromatic heterocycles. The Morgan fingerprint density at radius 2 is 1.02 bits per heavy atom. The highest BCUT2D eigenvalue weighted by atomic mass is 31.2. The number of unbranched alkanes of at least 4 members (excludes halogenated alkanes) is 28. The molecular formula is C41H83N2O6P.